The molecule has 0 heterocycles. The number of nitrogens with zero attached hydrogens (tertiary/aromatic N) is 2. The highest BCUT2D eigenvalue weighted by atomic mass is 14.7. The molecule has 0 aromatic carbocycles. The minimum absolute atomic E-state index is 0.813. The highest BCUT2D eigenvalue weighted by molar-refractivity contribution is 5.74. The third-order valence-electron chi connectivity index (χ3n) is 1.29. The Labute approximate surface area is 62.6 Å². The zero-order valence-electron chi connectivity index (χ0n) is 6.51. The Morgan fingerprint density at radius 3 is 2.80 bits per heavy atom. The fourth-order valence-corrected chi connectivity index (χ4v) is 0.735. The van der Waals surface area contributed by atoms with Crippen molar-refractivity contribution in [1.29, 1.82) is 5.26 Å². The minimum Gasteiger partial charge on any atom is -0.282 e. The molecular weight excluding hydrogens is 124 g/mol. The summed E-state index contributed by atoms with van der Waals surface area (Å²) in [4.78, 5) is 3.88. The average molecular weight is 138 g/mol. The third kappa shape index (κ3) is 7.16. The van der Waals surface area contributed by atoms with E-state index in [0.717, 1.165) is 13.0 Å². The van der Waals surface area contributed by atoms with Crippen molar-refractivity contribution in [3.63, 3.8) is 0 Å². The Bertz CT molecular complexity index is 122. The van der Waals surface area contributed by atoms with Crippen LogP contribution in [0.1, 0.15) is 32.6 Å². The Morgan fingerprint density at radius 2 is 2.20 bits per heavy atom. The first-order valence-corrected chi connectivity index (χ1v) is 3.79. The maximum absolute atomic E-state index is 8.07. The van der Waals surface area contributed by atoms with Gasteiger partial charge in [0.25, 0.3) is 0 Å². The van der Waals surface area contributed by atoms with E-state index in [1.807, 2.05) is 6.07 Å². The SMILES string of the molecule is CCCCCCN=CC#N. The summed E-state index contributed by atoms with van der Waals surface area (Å²) in [7, 11) is 0. The topological polar surface area (TPSA) is 36.1 Å². The van der Waals surface area contributed by atoms with Gasteiger partial charge in [0.1, 0.15) is 6.07 Å². The molecule has 0 aliphatic carbocycles. The largest absolute Gasteiger partial charge is 0.282 e. The second-order valence-electron chi connectivity index (χ2n) is 2.23. The summed E-state index contributed by atoms with van der Waals surface area (Å²) in [6.07, 6.45) is 6.20. The van der Waals surface area contributed by atoms with Crippen molar-refractivity contribution >= 4 is 6.21 Å². The van der Waals surface area contributed by atoms with Crippen LogP contribution in [0.4, 0.5) is 0 Å². The molecule has 0 aromatic rings. The van der Waals surface area contributed by atoms with Crippen LogP contribution in [0.5, 0.6) is 0 Å². The van der Waals surface area contributed by atoms with Crippen LogP contribution < -0.4 is 0 Å². The van der Waals surface area contributed by atoms with Crippen molar-refractivity contribution in [2.24, 2.45) is 4.99 Å². The van der Waals surface area contributed by atoms with E-state index >= 15 is 0 Å². The van der Waals surface area contributed by atoms with Gasteiger partial charge in [-0.2, -0.15) is 5.26 Å². The van der Waals surface area contributed by atoms with Gasteiger partial charge in [-0.1, -0.05) is 26.2 Å². The summed E-state index contributed by atoms with van der Waals surface area (Å²) >= 11 is 0. The maximum atomic E-state index is 8.07. The van der Waals surface area contributed by atoms with Gasteiger partial charge in [-0.15, -0.1) is 0 Å². The minimum atomic E-state index is 0.813. The van der Waals surface area contributed by atoms with Gasteiger partial charge >= 0.3 is 0 Å². The lowest BCUT2D eigenvalue weighted by atomic mass is 10.2. The van der Waals surface area contributed by atoms with E-state index in [1.165, 1.54) is 25.5 Å². The van der Waals surface area contributed by atoms with Crippen LogP contribution in [0.15, 0.2) is 4.99 Å². The molecule has 0 saturated carbocycles. The molecule has 0 aliphatic rings. The van der Waals surface area contributed by atoms with Crippen molar-refractivity contribution < 1.29 is 0 Å². The van der Waals surface area contributed by atoms with Gasteiger partial charge < -0.3 is 0 Å². The van der Waals surface area contributed by atoms with Crippen LogP contribution in [0.2, 0.25) is 0 Å². The molecule has 0 radical (unpaired) electrons. The fourth-order valence-electron chi connectivity index (χ4n) is 0.735. The van der Waals surface area contributed by atoms with Crippen molar-refractivity contribution in [1.82, 2.24) is 0 Å². The Hall–Kier alpha value is -0.840. The van der Waals surface area contributed by atoms with Crippen molar-refractivity contribution in [3.8, 4) is 6.07 Å². The van der Waals surface area contributed by atoms with Crippen LogP contribution in [-0.2, 0) is 0 Å². The van der Waals surface area contributed by atoms with Crippen LogP contribution in [0, 0.1) is 11.3 Å². The smallest absolute Gasteiger partial charge is 0.111 e. The van der Waals surface area contributed by atoms with Crippen molar-refractivity contribution in [2.45, 2.75) is 32.6 Å². The first kappa shape index (κ1) is 9.16. The number of nitriles is 1. The Morgan fingerprint density at radius 1 is 1.40 bits per heavy atom. The van der Waals surface area contributed by atoms with Gasteiger partial charge in [0.05, 0.1) is 6.21 Å². The predicted molar refractivity (Wildman–Crippen MR) is 43.1 cm³/mol. The lowest BCUT2D eigenvalue weighted by molar-refractivity contribution is 0.676. The summed E-state index contributed by atoms with van der Waals surface area (Å²) in [6.45, 7) is 2.99. The van der Waals surface area contributed by atoms with E-state index in [1.54, 1.807) is 0 Å². The molecule has 0 bridgehead atoms. The molecule has 0 rings (SSSR count). The summed E-state index contributed by atoms with van der Waals surface area (Å²) in [5, 5.41) is 8.07. The molecule has 56 valence electrons. The van der Waals surface area contributed by atoms with E-state index in [4.69, 9.17) is 5.26 Å². The molecule has 0 unspecified atom stereocenters. The summed E-state index contributed by atoms with van der Waals surface area (Å²) in [5.74, 6) is 0. The van der Waals surface area contributed by atoms with Crippen molar-refractivity contribution in [2.75, 3.05) is 6.54 Å². The molecule has 0 saturated heterocycles. The average Bonchev–Trinajstić information content (AvgIpc) is 1.97. The first-order chi connectivity index (χ1) is 4.91. The zero-order chi connectivity index (χ0) is 7.66. The summed E-state index contributed by atoms with van der Waals surface area (Å²) in [6, 6.07) is 1.87. The lowest BCUT2D eigenvalue weighted by Gasteiger charge is -1.92. The number of hydrogen-bond acceptors (Lipinski definition) is 2. The van der Waals surface area contributed by atoms with E-state index in [0.29, 0.717) is 0 Å². The van der Waals surface area contributed by atoms with Gasteiger partial charge in [0.2, 0.25) is 0 Å². The van der Waals surface area contributed by atoms with Crippen molar-refractivity contribution in [3.05, 3.63) is 0 Å². The lowest BCUT2D eigenvalue weighted by Crippen LogP contribution is -1.81. The zero-order valence-corrected chi connectivity index (χ0v) is 6.51. The predicted octanol–water partition coefficient (Wildman–Crippen LogP) is 2.16. The molecule has 2 heteroatoms. The van der Waals surface area contributed by atoms with E-state index in [-0.39, 0.29) is 0 Å². The second-order valence-corrected chi connectivity index (χ2v) is 2.23. The molecule has 2 nitrogen and oxygen atoms in total. The van der Waals surface area contributed by atoms with Crippen LogP contribution in [0.25, 0.3) is 0 Å². The van der Waals surface area contributed by atoms with Crippen LogP contribution in [0.3, 0.4) is 0 Å². The molecular formula is C8H14N2. The quantitative estimate of drug-likeness (QED) is 0.423. The van der Waals surface area contributed by atoms with Gasteiger partial charge in [0, 0.05) is 6.54 Å². The highest BCUT2D eigenvalue weighted by Crippen LogP contribution is 1.97. The third-order valence-corrected chi connectivity index (χ3v) is 1.29. The van der Waals surface area contributed by atoms with E-state index < -0.39 is 0 Å². The van der Waals surface area contributed by atoms with E-state index in [2.05, 4.69) is 11.9 Å². The second kappa shape index (κ2) is 8.16. The number of unbranched alkanes of at least 4 members (excludes halogenated alkanes) is 3. The molecule has 0 fully saturated rings. The molecule has 0 atom stereocenters. The highest BCUT2D eigenvalue weighted by Gasteiger charge is 1.83. The fraction of sp³-hybridized carbons (Fsp3) is 0.750. The number of aliphatic imine (C=N–C) groups is 1. The van der Waals surface area contributed by atoms with Crippen LogP contribution in [-0.4, -0.2) is 12.8 Å². The van der Waals surface area contributed by atoms with Gasteiger partial charge in [-0.3, -0.25) is 4.99 Å². The molecule has 0 N–H and O–H groups in total. The Kier molecular flexibility index (Phi) is 7.47. The number of hydrogen-bond donors (Lipinski definition) is 0. The normalized spacial score (nSPS) is 10.0. The van der Waals surface area contributed by atoms with Crippen LogP contribution >= 0.6 is 0 Å². The van der Waals surface area contributed by atoms with Gasteiger partial charge in [0.15, 0.2) is 0 Å². The Balaban J connectivity index is 2.92. The molecule has 0 aromatic heterocycles. The molecule has 0 spiro atoms. The van der Waals surface area contributed by atoms with E-state index in [9.17, 15) is 0 Å². The molecule has 0 aliphatic heterocycles. The number of rotatable bonds is 5. The maximum Gasteiger partial charge on any atom is 0.111 e. The summed E-state index contributed by atoms with van der Waals surface area (Å²) in [5.41, 5.74) is 0. The van der Waals surface area contributed by atoms with Gasteiger partial charge in [-0.25, -0.2) is 0 Å². The molecule has 0 amide bonds. The van der Waals surface area contributed by atoms with Gasteiger partial charge in [-0.05, 0) is 6.42 Å². The standard InChI is InChI=1S/C8H14N2/c1-2-3-4-5-7-10-8-6-9/h8H,2-5,7H2,1H3. The monoisotopic (exact) mass is 138 g/mol. The summed E-state index contributed by atoms with van der Waals surface area (Å²) < 4.78 is 0. The molecule has 10 heavy (non-hydrogen) atoms. The first-order valence-electron chi connectivity index (χ1n) is 3.79.